The lowest BCUT2D eigenvalue weighted by molar-refractivity contribution is -0.167. The second-order valence-corrected chi connectivity index (χ2v) is 5.73. The van der Waals surface area contributed by atoms with E-state index in [0.717, 1.165) is 17.3 Å². The van der Waals surface area contributed by atoms with Crippen LogP contribution < -0.4 is 15.8 Å². The first-order valence-corrected chi connectivity index (χ1v) is 9.57. The Morgan fingerprint density at radius 1 is 1.33 bits per heavy atom. The number of nitrogens with one attached hydrogen (secondary N) is 2. The highest BCUT2D eigenvalue weighted by Gasteiger charge is 2.38. The number of carbonyl (C=O) groups excluding carboxylic acids is 1. The number of amides is 1. The van der Waals surface area contributed by atoms with Gasteiger partial charge in [0.2, 0.25) is 0 Å². The first-order valence-electron chi connectivity index (χ1n) is 8.58. The zero-order valence-electron chi connectivity index (χ0n) is 15.9. The van der Waals surface area contributed by atoms with Gasteiger partial charge in [-0.25, -0.2) is 0 Å². The van der Waals surface area contributed by atoms with Crippen LogP contribution in [-0.2, 0) is 4.79 Å². The molecule has 5 nitrogen and oxygen atoms in total. The molecular formula is C18H26F3N3O2S. The molecule has 1 aliphatic heterocycles. The molecule has 0 fully saturated rings. The van der Waals surface area contributed by atoms with E-state index in [1.165, 1.54) is 18.2 Å². The number of hydrogen-bond donors (Lipinski definition) is 3. The molecule has 4 N–H and O–H groups in total. The number of benzene rings is 1. The van der Waals surface area contributed by atoms with Crippen molar-refractivity contribution in [3.63, 3.8) is 0 Å². The molecular weight excluding hydrogens is 379 g/mol. The molecule has 1 aromatic rings. The van der Waals surface area contributed by atoms with Gasteiger partial charge in [0.1, 0.15) is 5.75 Å². The summed E-state index contributed by atoms with van der Waals surface area (Å²) in [5.41, 5.74) is 6.81. The van der Waals surface area contributed by atoms with Gasteiger partial charge in [0.05, 0.1) is 6.61 Å². The van der Waals surface area contributed by atoms with Crippen LogP contribution in [0.1, 0.15) is 39.7 Å². The van der Waals surface area contributed by atoms with Gasteiger partial charge >= 0.3 is 12.1 Å². The van der Waals surface area contributed by atoms with E-state index >= 15 is 0 Å². The zero-order valence-corrected chi connectivity index (χ0v) is 16.7. The van der Waals surface area contributed by atoms with Crippen LogP contribution >= 0.6 is 11.8 Å². The van der Waals surface area contributed by atoms with E-state index in [4.69, 9.17) is 15.9 Å². The van der Waals surface area contributed by atoms with Crippen LogP contribution in [0.25, 0.3) is 5.57 Å². The minimum Gasteiger partial charge on any atom is -0.493 e. The Labute approximate surface area is 162 Å². The molecule has 0 bridgehead atoms. The maximum atomic E-state index is 12.3. The van der Waals surface area contributed by atoms with E-state index in [0.29, 0.717) is 30.1 Å². The van der Waals surface area contributed by atoms with Gasteiger partial charge in [0.15, 0.2) is 5.17 Å². The lowest BCUT2D eigenvalue weighted by Gasteiger charge is -2.21. The van der Waals surface area contributed by atoms with Gasteiger partial charge in [-0.05, 0) is 23.8 Å². The largest absolute Gasteiger partial charge is 0.493 e. The number of fused-ring (bicyclic) bond motifs is 1. The Hall–Kier alpha value is -2.16. The molecule has 1 aromatic carbocycles. The fraction of sp³-hybridized carbons (Fsp3) is 0.444. The molecule has 9 heteroatoms. The maximum absolute atomic E-state index is 12.3. The first-order chi connectivity index (χ1) is 12.8. The van der Waals surface area contributed by atoms with Gasteiger partial charge in [-0.1, -0.05) is 45.5 Å². The molecule has 0 saturated heterocycles. The molecule has 0 spiro atoms. The van der Waals surface area contributed by atoms with Gasteiger partial charge in [0.25, 0.3) is 0 Å². The molecule has 152 valence electrons. The molecule has 2 rings (SSSR count). The number of anilines is 1. The lowest BCUT2D eigenvalue weighted by atomic mass is 9.99. The van der Waals surface area contributed by atoms with Crippen molar-refractivity contribution in [2.24, 2.45) is 5.73 Å². The third kappa shape index (κ3) is 8.38. The Morgan fingerprint density at radius 2 is 1.96 bits per heavy atom. The summed E-state index contributed by atoms with van der Waals surface area (Å²) in [4.78, 5) is 11.0. The highest BCUT2D eigenvalue weighted by molar-refractivity contribution is 8.13. The quantitative estimate of drug-likeness (QED) is 0.486. The van der Waals surface area contributed by atoms with E-state index in [1.54, 1.807) is 0 Å². The first kappa shape index (κ1) is 24.8. The predicted octanol–water partition coefficient (Wildman–Crippen LogP) is 5.03. The van der Waals surface area contributed by atoms with Crippen LogP contribution in [0.4, 0.5) is 18.9 Å². The third-order valence-corrected chi connectivity index (χ3v) is 3.68. The number of nitrogens with two attached hydrogens (primary N) is 1. The number of carbonyl (C=O) groups is 1. The monoisotopic (exact) mass is 405 g/mol. The van der Waals surface area contributed by atoms with Crippen LogP contribution in [0, 0.1) is 5.41 Å². The highest BCUT2D eigenvalue weighted by atomic mass is 32.2. The molecule has 0 aliphatic carbocycles. The van der Waals surface area contributed by atoms with Gasteiger partial charge in [-0.15, -0.1) is 0 Å². The minimum atomic E-state index is -4.94. The summed E-state index contributed by atoms with van der Waals surface area (Å²) in [5, 5.41) is 8.97. The summed E-state index contributed by atoms with van der Waals surface area (Å²) in [5.74, 6) is -1.00. The number of alkyl halides is 3. The molecule has 27 heavy (non-hydrogen) atoms. The summed E-state index contributed by atoms with van der Waals surface area (Å²) in [7, 11) is 0. The van der Waals surface area contributed by atoms with E-state index in [1.807, 2.05) is 39.1 Å². The van der Waals surface area contributed by atoms with Gasteiger partial charge in [-0.3, -0.25) is 10.2 Å². The summed E-state index contributed by atoms with van der Waals surface area (Å²) in [6.07, 6.45) is -2.51. The van der Waals surface area contributed by atoms with E-state index in [-0.39, 0.29) is 10.9 Å². The highest BCUT2D eigenvalue weighted by Crippen LogP contribution is 2.35. The Balaban J connectivity index is 0.00000158. The summed E-state index contributed by atoms with van der Waals surface area (Å²) < 4.78 is 42.4. The maximum Gasteiger partial charge on any atom is 0.471 e. The molecule has 0 aromatic heterocycles. The van der Waals surface area contributed by atoms with Crippen molar-refractivity contribution in [2.75, 3.05) is 17.7 Å². The van der Waals surface area contributed by atoms with E-state index in [9.17, 15) is 18.0 Å². The van der Waals surface area contributed by atoms with E-state index < -0.39 is 12.1 Å². The Kier molecular flexibility index (Phi) is 11.3. The molecule has 0 radical (unpaired) electrons. The number of hydrogen-bond acceptors (Lipinski definition) is 4. The minimum absolute atomic E-state index is 0.0136. The van der Waals surface area contributed by atoms with Crippen molar-refractivity contribution in [1.82, 2.24) is 0 Å². The Morgan fingerprint density at radius 3 is 2.52 bits per heavy atom. The third-order valence-electron chi connectivity index (χ3n) is 3.04. The Bertz CT molecular complexity index is 662. The molecule has 0 saturated carbocycles. The standard InChI is InChI=1S/C14H14F3N3O2S.2C2H6/c15-14(16,17)12(21)20-9-1-2-11-10(7-9)8(3-5-22-11)4-6-23-13(18)19;2*1-2/h1-2,4,7H,3,5-6H2,(H3,18,19)(H,20,21);2*1-2H3/b8-4+;;. The fourth-order valence-electron chi connectivity index (χ4n) is 2.04. The van der Waals surface area contributed by atoms with Crippen molar-refractivity contribution in [2.45, 2.75) is 40.3 Å². The molecule has 0 atom stereocenters. The number of amidine groups is 1. The smallest absolute Gasteiger partial charge is 0.471 e. The van der Waals surface area contributed by atoms with Crippen LogP contribution in [0.3, 0.4) is 0 Å². The second-order valence-electron chi connectivity index (χ2n) is 4.67. The van der Waals surface area contributed by atoms with Crippen molar-refractivity contribution < 1.29 is 22.7 Å². The normalized spacial score (nSPS) is 13.8. The predicted molar refractivity (Wildman–Crippen MR) is 106 cm³/mol. The lowest BCUT2D eigenvalue weighted by Crippen LogP contribution is -2.30. The molecule has 1 amide bonds. The average molecular weight is 405 g/mol. The SMILES string of the molecule is CC.CC.N=C(N)SC/C=C1\CCOc2ccc(NC(=O)C(F)(F)F)cc21. The summed E-state index contributed by atoms with van der Waals surface area (Å²) in [6.45, 7) is 8.46. The molecule has 1 aliphatic rings. The fourth-order valence-corrected chi connectivity index (χ4v) is 2.50. The van der Waals surface area contributed by atoms with Crippen LogP contribution in [0.5, 0.6) is 5.75 Å². The summed E-state index contributed by atoms with van der Waals surface area (Å²) >= 11 is 1.14. The summed E-state index contributed by atoms with van der Waals surface area (Å²) in [6, 6.07) is 4.32. The topological polar surface area (TPSA) is 88.2 Å². The van der Waals surface area contributed by atoms with Crippen molar-refractivity contribution in [1.29, 1.82) is 5.41 Å². The van der Waals surface area contributed by atoms with Crippen LogP contribution in [0.2, 0.25) is 0 Å². The zero-order chi connectivity index (χ0) is 21.0. The van der Waals surface area contributed by atoms with Gasteiger partial charge < -0.3 is 15.8 Å². The molecule has 0 unspecified atom stereocenters. The van der Waals surface area contributed by atoms with Crippen LogP contribution in [-0.4, -0.2) is 29.6 Å². The number of thioether (sulfide) groups is 1. The number of ether oxygens (including phenoxy) is 1. The van der Waals surface area contributed by atoms with Crippen LogP contribution in [0.15, 0.2) is 24.3 Å². The molecule has 1 heterocycles. The number of rotatable bonds is 3. The second kappa shape index (κ2) is 12.3. The van der Waals surface area contributed by atoms with Gasteiger partial charge in [-0.2, -0.15) is 13.2 Å². The van der Waals surface area contributed by atoms with E-state index in [2.05, 4.69) is 0 Å². The van der Waals surface area contributed by atoms with Crippen molar-refractivity contribution >= 4 is 34.1 Å². The van der Waals surface area contributed by atoms with Crippen molar-refractivity contribution in [3.8, 4) is 5.75 Å². The van der Waals surface area contributed by atoms with Crippen molar-refractivity contribution in [3.05, 3.63) is 29.8 Å². The average Bonchev–Trinajstić information content (AvgIpc) is 2.64. The van der Waals surface area contributed by atoms with Gasteiger partial charge in [0, 0.05) is 23.4 Å². The number of halogens is 3.